The average Bonchev–Trinajstić information content (AvgIpc) is 2.56. The van der Waals surface area contributed by atoms with Gasteiger partial charge in [-0.15, -0.1) is 0 Å². The Balaban J connectivity index is 2.51. The molecule has 0 aromatic rings. The van der Waals surface area contributed by atoms with Crippen molar-refractivity contribution in [3.63, 3.8) is 0 Å². The highest BCUT2D eigenvalue weighted by molar-refractivity contribution is 5.79. The molecule has 2 unspecified atom stereocenters. The maximum absolute atomic E-state index is 11.7. The third-order valence-electron chi connectivity index (χ3n) is 2.99. The molecule has 1 fully saturated rings. The zero-order chi connectivity index (χ0) is 11.4. The topological polar surface area (TPSA) is 83.6 Å². The van der Waals surface area contributed by atoms with E-state index in [1.165, 1.54) is 0 Å². The van der Waals surface area contributed by atoms with E-state index in [1.807, 2.05) is 0 Å². The molecule has 0 bridgehead atoms. The number of carboxylic acids is 1. The van der Waals surface area contributed by atoms with Crippen LogP contribution in [-0.4, -0.2) is 41.0 Å². The van der Waals surface area contributed by atoms with Crippen molar-refractivity contribution in [3.05, 3.63) is 0 Å². The summed E-state index contributed by atoms with van der Waals surface area (Å²) in [7, 11) is 0. The summed E-state index contributed by atoms with van der Waals surface area (Å²) in [5, 5.41) is 8.90. The van der Waals surface area contributed by atoms with Crippen LogP contribution in [0.4, 0.5) is 0 Å². The van der Waals surface area contributed by atoms with E-state index in [9.17, 15) is 9.59 Å². The van der Waals surface area contributed by atoms with Crippen LogP contribution in [0.2, 0.25) is 0 Å². The van der Waals surface area contributed by atoms with Crippen molar-refractivity contribution >= 4 is 11.9 Å². The minimum Gasteiger partial charge on any atom is -0.481 e. The smallest absolute Gasteiger partial charge is 0.308 e. The number of nitrogens with zero attached hydrogens (tertiary/aromatic N) is 1. The fraction of sp³-hybridized carbons (Fsp3) is 0.800. The predicted molar refractivity (Wildman–Crippen MR) is 55.2 cm³/mol. The molecule has 2 atom stereocenters. The molecule has 1 saturated heterocycles. The molecular formula is C10H18N2O3. The van der Waals surface area contributed by atoms with E-state index >= 15 is 0 Å². The van der Waals surface area contributed by atoms with E-state index in [0.29, 0.717) is 32.4 Å². The largest absolute Gasteiger partial charge is 0.481 e. The summed E-state index contributed by atoms with van der Waals surface area (Å²) in [4.78, 5) is 24.2. The van der Waals surface area contributed by atoms with Crippen LogP contribution in [0, 0.1) is 5.92 Å². The van der Waals surface area contributed by atoms with Crippen molar-refractivity contribution in [3.8, 4) is 0 Å². The van der Waals surface area contributed by atoms with Crippen LogP contribution in [0.15, 0.2) is 0 Å². The van der Waals surface area contributed by atoms with E-state index in [0.717, 1.165) is 0 Å². The maximum atomic E-state index is 11.7. The fourth-order valence-corrected chi connectivity index (χ4v) is 2.02. The minimum absolute atomic E-state index is 0.0247. The van der Waals surface area contributed by atoms with Gasteiger partial charge in [0.2, 0.25) is 5.91 Å². The van der Waals surface area contributed by atoms with Crippen molar-refractivity contribution in [2.45, 2.75) is 32.2 Å². The summed E-state index contributed by atoms with van der Waals surface area (Å²) < 4.78 is 0. The molecule has 15 heavy (non-hydrogen) atoms. The van der Waals surface area contributed by atoms with Gasteiger partial charge in [-0.25, -0.2) is 0 Å². The number of rotatable bonds is 4. The van der Waals surface area contributed by atoms with Crippen LogP contribution < -0.4 is 5.73 Å². The lowest BCUT2D eigenvalue weighted by Crippen LogP contribution is -2.37. The van der Waals surface area contributed by atoms with Crippen molar-refractivity contribution < 1.29 is 14.7 Å². The number of aliphatic carboxylic acids is 1. The highest BCUT2D eigenvalue weighted by atomic mass is 16.4. The van der Waals surface area contributed by atoms with Gasteiger partial charge >= 0.3 is 5.97 Å². The van der Waals surface area contributed by atoms with Crippen LogP contribution >= 0.6 is 0 Å². The SMILES string of the molecule is CC1C(C(=O)O)CCN1C(=O)CCCN. The third kappa shape index (κ3) is 2.68. The molecule has 0 aromatic carbocycles. The van der Waals surface area contributed by atoms with Gasteiger partial charge in [0, 0.05) is 19.0 Å². The van der Waals surface area contributed by atoms with Crippen LogP contribution in [0.25, 0.3) is 0 Å². The number of likely N-dealkylation sites (tertiary alicyclic amines) is 1. The molecule has 1 rings (SSSR count). The number of nitrogens with two attached hydrogens (primary N) is 1. The predicted octanol–water partition coefficient (Wildman–Crippen LogP) is 0.0469. The fourth-order valence-electron chi connectivity index (χ4n) is 2.02. The Morgan fingerprint density at radius 1 is 1.53 bits per heavy atom. The van der Waals surface area contributed by atoms with E-state index in [1.54, 1.807) is 11.8 Å². The Bertz CT molecular complexity index is 255. The van der Waals surface area contributed by atoms with E-state index in [2.05, 4.69) is 0 Å². The van der Waals surface area contributed by atoms with E-state index in [-0.39, 0.29) is 11.9 Å². The average molecular weight is 214 g/mol. The van der Waals surface area contributed by atoms with Crippen LogP contribution in [0.1, 0.15) is 26.2 Å². The van der Waals surface area contributed by atoms with E-state index < -0.39 is 11.9 Å². The Kier molecular flexibility index (Phi) is 4.08. The molecule has 0 aliphatic carbocycles. The quantitative estimate of drug-likeness (QED) is 0.692. The van der Waals surface area contributed by atoms with E-state index in [4.69, 9.17) is 10.8 Å². The summed E-state index contributed by atoms with van der Waals surface area (Å²) in [5.74, 6) is -1.19. The normalized spacial score (nSPS) is 25.6. The Labute approximate surface area is 89.2 Å². The number of carboxylic acid groups (broad SMARTS) is 1. The first-order valence-electron chi connectivity index (χ1n) is 5.30. The van der Waals surface area contributed by atoms with Gasteiger partial charge in [-0.1, -0.05) is 0 Å². The first kappa shape index (κ1) is 12.0. The monoisotopic (exact) mass is 214 g/mol. The molecule has 5 nitrogen and oxygen atoms in total. The molecular weight excluding hydrogens is 196 g/mol. The molecule has 1 aliphatic rings. The molecule has 1 aliphatic heterocycles. The van der Waals surface area contributed by atoms with Crippen LogP contribution in [0.5, 0.6) is 0 Å². The van der Waals surface area contributed by atoms with Crippen molar-refractivity contribution in [2.75, 3.05) is 13.1 Å². The summed E-state index contributed by atoms with van der Waals surface area (Å²) >= 11 is 0. The molecule has 3 N–H and O–H groups in total. The molecule has 0 spiro atoms. The zero-order valence-corrected chi connectivity index (χ0v) is 8.98. The van der Waals surface area contributed by atoms with Gasteiger partial charge in [0.15, 0.2) is 0 Å². The minimum atomic E-state index is -0.809. The van der Waals surface area contributed by atoms with Gasteiger partial charge in [0.1, 0.15) is 0 Å². The second kappa shape index (κ2) is 5.11. The second-order valence-corrected chi connectivity index (χ2v) is 3.95. The van der Waals surface area contributed by atoms with Gasteiger partial charge in [-0.2, -0.15) is 0 Å². The lowest BCUT2D eigenvalue weighted by molar-refractivity contribution is -0.143. The summed E-state index contributed by atoms with van der Waals surface area (Å²) in [6.45, 7) is 2.85. The standard InChI is InChI=1S/C10H18N2O3/c1-7-8(10(14)15)4-6-12(7)9(13)3-2-5-11/h7-8H,2-6,11H2,1H3,(H,14,15). The molecule has 1 heterocycles. The Morgan fingerprint density at radius 2 is 2.20 bits per heavy atom. The van der Waals surface area contributed by atoms with Gasteiger partial charge in [0.25, 0.3) is 0 Å². The van der Waals surface area contributed by atoms with Gasteiger partial charge in [-0.3, -0.25) is 9.59 Å². The van der Waals surface area contributed by atoms with Crippen LogP contribution in [-0.2, 0) is 9.59 Å². The summed E-state index contributed by atoms with van der Waals surface area (Å²) in [6.07, 6.45) is 1.65. The lowest BCUT2D eigenvalue weighted by Gasteiger charge is -2.23. The zero-order valence-electron chi connectivity index (χ0n) is 8.98. The molecule has 5 heteroatoms. The lowest BCUT2D eigenvalue weighted by atomic mass is 10.0. The third-order valence-corrected chi connectivity index (χ3v) is 2.99. The number of carbonyl (C=O) groups is 2. The second-order valence-electron chi connectivity index (χ2n) is 3.95. The molecule has 86 valence electrons. The van der Waals surface area contributed by atoms with Crippen LogP contribution in [0.3, 0.4) is 0 Å². The number of hydrogen-bond donors (Lipinski definition) is 2. The number of amides is 1. The molecule has 0 aromatic heterocycles. The molecule has 1 amide bonds. The first-order valence-corrected chi connectivity index (χ1v) is 5.30. The van der Waals surface area contributed by atoms with Crippen molar-refractivity contribution in [1.29, 1.82) is 0 Å². The van der Waals surface area contributed by atoms with Gasteiger partial charge in [-0.05, 0) is 26.3 Å². The molecule has 0 radical (unpaired) electrons. The maximum Gasteiger partial charge on any atom is 0.308 e. The van der Waals surface area contributed by atoms with Crippen molar-refractivity contribution in [1.82, 2.24) is 4.90 Å². The highest BCUT2D eigenvalue weighted by Gasteiger charge is 2.37. The first-order chi connectivity index (χ1) is 7.07. The Morgan fingerprint density at radius 3 is 2.67 bits per heavy atom. The highest BCUT2D eigenvalue weighted by Crippen LogP contribution is 2.24. The van der Waals surface area contributed by atoms with Gasteiger partial charge < -0.3 is 15.7 Å². The summed E-state index contributed by atoms with van der Waals surface area (Å²) in [6, 6.07) is -0.187. The Hall–Kier alpha value is -1.10. The van der Waals surface area contributed by atoms with Crippen molar-refractivity contribution in [2.24, 2.45) is 11.7 Å². The molecule has 0 saturated carbocycles. The number of hydrogen-bond acceptors (Lipinski definition) is 3. The van der Waals surface area contributed by atoms with Gasteiger partial charge in [0.05, 0.1) is 5.92 Å². The summed E-state index contributed by atoms with van der Waals surface area (Å²) in [5.41, 5.74) is 5.32. The number of carbonyl (C=O) groups excluding carboxylic acids is 1.